The van der Waals surface area contributed by atoms with Crippen molar-refractivity contribution in [1.29, 1.82) is 0 Å². The van der Waals surface area contributed by atoms with Crippen LogP contribution in [0.1, 0.15) is 82.4 Å². The highest BCUT2D eigenvalue weighted by molar-refractivity contribution is 6.05. The van der Waals surface area contributed by atoms with Crippen LogP contribution in [0, 0.1) is 5.92 Å². The summed E-state index contributed by atoms with van der Waals surface area (Å²) in [5.41, 5.74) is 8.45. The molecule has 4 aliphatic heterocycles. The minimum atomic E-state index is -4.51. The first-order valence-electron chi connectivity index (χ1n) is 20.7. The van der Waals surface area contributed by atoms with E-state index >= 15 is 0 Å². The van der Waals surface area contributed by atoms with Crippen LogP contribution in [-0.2, 0) is 28.7 Å². The first-order valence-corrected chi connectivity index (χ1v) is 20.7. The topological polar surface area (TPSA) is 109 Å². The van der Waals surface area contributed by atoms with E-state index in [1.54, 1.807) is 17.0 Å². The average Bonchev–Trinajstić information content (AvgIpc) is 3.43. The maximum atomic E-state index is 13.4. The highest BCUT2D eigenvalue weighted by Crippen LogP contribution is 2.42. The van der Waals surface area contributed by atoms with Crippen LogP contribution in [0.25, 0.3) is 11.1 Å². The van der Waals surface area contributed by atoms with Crippen LogP contribution in [0.15, 0.2) is 79.0 Å². The quantitative estimate of drug-likeness (QED) is 0.195. The number of nitrogens with zero attached hydrogens (tertiary/aromatic N) is 5. The van der Waals surface area contributed by atoms with E-state index < -0.39 is 23.8 Å². The normalized spacial score (nSPS) is 20.8. The van der Waals surface area contributed by atoms with E-state index in [-0.39, 0.29) is 24.0 Å². The van der Waals surface area contributed by atoms with Gasteiger partial charge in [-0.3, -0.25) is 29.6 Å². The molecule has 13 heteroatoms. The molecule has 59 heavy (non-hydrogen) atoms. The molecule has 0 bridgehead atoms. The number of carbonyl (C=O) groups excluding carboxylic acids is 3. The van der Waals surface area contributed by atoms with E-state index in [4.69, 9.17) is 0 Å². The van der Waals surface area contributed by atoms with Gasteiger partial charge in [-0.05, 0) is 132 Å². The number of piperidine rings is 2. The monoisotopic (exact) mass is 804 g/mol. The number of phenols is 1. The number of carbonyl (C=O) groups is 3. The number of pyridine rings is 1. The third kappa shape index (κ3) is 7.92. The van der Waals surface area contributed by atoms with Crippen LogP contribution < -0.4 is 15.1 Å². The standard InChI is InChI=1S/C46H47F3N6O4/c47-46(48,49)41-14-6-32(26-50-41)37-3-1-2-31-25-36(56)10-12-38(31)43(37)30-4-7-34(8-5-30)53-18-16-29(17-19-53)27-52-20-22-54(23-21-52)35-9-11-39-33(24-35)28-55(45(39)59)40-13-15-42(57)51-44(40)58/h4-12,14,24-26,29,40,56H,1-3,13,15-23,27-28H2,(H,51,57,58)/t40-/m1/s1. The second kappa shape index (κ2) is 15.8. The molecule has 306 valence electrons. The van der Waals surface area contributed by atoms with E-state index in [1.807, 2.05) is 18.2 Å². The number of nitrogens with one attached hydrogen (secondary N) is 1. The van der Waals surface area contributed by atoms with Crippen LogP contribution >= 0.6 is 0 Å². The number of hydrogen-bond acceptors (Lipinski definition) is 8. The largest absolute Gasteiger partial charge is 0.508 e. The number of phenolic OH excluding ortho intramolecular Hbond substituents is 1. The summed E-state index contributed by atoms with van der Waals surface area (Å²) in [6.07, 6.45) is 1.83. The highest BCUT2D eigenvalue weighted by atomic mass is 19.4. The number of allylic oxidation sites excluding steroid dienone is 1. The van der Waals surface area contributed by atoms with Crippen molar-refractivity contribution in [2.45, 2.75) is 63.7 Å². The Morgan fingerprint density at radius 3 is 2.15 bits per heavy atom. The number of amides is 3. The Morgan fingerprint density at radius 2 is 1.44 bits per heavy atom. The summed E-state index contributed by atoms with van der Waals surface area (Å²) in [6, 6.07) is 21.8. The van der Waals surface area contributed by atoms with E-state index in [0.717, 1.165) is 122 Å². The Labute approximate surface area is 341 Å². The van der Waals surface area contributed by atoms with Crippen molar-refractivity contribution >= 4 is 40.2 Å². The summed E-state index contributed by atoms with van der Waals surface area (Å²) in [5.74, 6) is -0.0385. The molecule has 3 amide bonds. The molecule has 5 aliphatic rings. The van der Waals surface area contributed by atoms with Gasteiger partial charge in [-0.1, -0.05) is 24.3 Å². The maximum absolute atomic E-state index is 13.4. The maximum Gasteiger partial charge on any atom is 0.433 e. The SMILES string of the molecule is O=C1CC[C@@H](N2Cc3cc(N4CCN(CC5CCN(c6ccc(C7=C(c8ccc(C(F)(F)F)nc8)CCCc8cc(O)ccc87)cc6)CC5)CC4)ccc3C2=O)C(=O)N1. The Kier molecular flexibility index (Phi) is 10.4. The molecule has 0 unspecified atom stereocenters. The molecule has 1 aromatic heterocycles. The lowest BCUT2D eigenvalue weighted by Gasteiger charge is -2.40. The van der Waals surface area contributed by atoms with Gasteiger partial charge in [-0.25, -0.2) is 0 Å². The molecule has 1 atom stereocenters. The predicted molar refractivity (Wildman–Crippen MR) is 219 cm³/mol. The fraction of sp³-hybridized carbons (Fsp3) is 0.391. The summed E-state index contributed by atoms with van der Waals surface area (Å²) in [4.78, 5) is 50.0. The third-order valence-corrected chi connectivity index (χ3v) is 12.8. The number of fused-ring (bicyclic) bond motifs is 2. The lowest BCUT2D eigenvalue weighted by atomic mass is 9.88. The van der Waals surface area contributed by atoms with Crippen LogP contribution in [0.2, 0.25) is 0 Å². The zero-order valence-electron chi connectivity index (χ0n) is 32.8. The van der Waals surface area contributed by atoms with Crippen molar-refractivity contribution in [3.05, 3.63) is 118 Å². The summed E-state index contributed by atoms with van der Waals surface area (Å²) in [5, 5.41) is 12.7. The van der Waals surface area contributed by atoms with Crippen LogP contribution in [0.3, 0.4) is 0 Å². The Balaban J connectivity index is 0.812. The Hall–Kier alpha value is -5.69. The van der Waals surface area contributed by atoms with E-state index in [1.165, 1.54) is 12.3 Å². The number of halogens is 3. The first-order chi connectivity index (χ1) is 28.5. The van der Waals surface area contributed by atoms with Gasteiger partial charge in [-0.15, -0.1) is 0 Å². The third-order valence-electron chi connectivity index (χ3n) is 12.8. The zero-order chi connectivity index (χ0) is 40.8. The van der Waals surface area contributed by atoms with Crippen LogP contribution in [-0.4, -0.2) is 89.5 Å². The van der Waals surface area contributed by atoms with Gasteiger partial charge in [-0.2, -0.15) is 13.2 Å². The Morgan fingerprint density at radius 1 is 0.729 bits per heavy atom. The van der Waals surface area contributed by atoms with Crippen LogP contribution in [0.4, 0.5) is 24.5 Å². The Bertz CT molecular complexity index is 2290. The highest BCUT2D eigenvalue weighted by Gasteiger charge is 2.39. The minimum Gasteiger partial charge on any atom is -0.508 e. The predicted octanol–water partition coefficient (Wildman–Crippen LogP) is 6.90. The number of piperazine rings is 1. The number of imide groups is 1. The van der Waals surface area contributed by atoms with Crippen molar-refractivity contribution in [2.24, 2.45) is 5.92 Å². The lowest BCUT2D eigenvalue weighted by Crippen LogP contribution is -2.52. The van der Waals surface area contributed by atoms with E-state index in [2.05, 4.69) is 55.3 Å². The van der Waals surface area contributed by atoms with Crippen LogP contribution in [0.5, 0.6) is 5.75 Å². The summed E-state index contributed by atoms with van der Waals surface area (Å²) < 4.78 is 40.1. The van der Waals surface area contributed by atoms with E-state index in [0.29, 0.717) is 36.4 Å². The molecule has 2 N–H and O–H groups in total. The van der Waals surface area contributed by atoms with E-state index in [9.17, 15) is 32.7 Å². The van der Waals surface area contributed by atoms with Gasteiger partial charge in [0.25, 0.3) is 5.91 Å². The molecule has 3 saturated heterocycles. The lowest BCUT2D eigenvalue weighted by molar-refractivity contribution is -0.141. The molecule has 1 aliphatic carbocycles. The van der Waals surface area contributed by atoms with Gasteiger partial charge >= 0.3 is 6.18 Å². The number of aromatic hydroxyl groups is 1. The molecule has 3 fully saturated rings. The second-order valence-corrected chi connectivity index (χ2v) is 16.5. The molecular formula is C46H47F3N6O4. The van der Waals surface area contributed by atoms with Crippen molar-refractivity contribution in [2.75, 3.05) is 55.6 Å². The molecule has 0 radical (unpaired) electrons. The number of aromatic nitrogens is 1. The fourth-order valence-electron chi connectivity index (χ4n) is 9.66. The number of rotatable bonds is 7. The van der Waals surface area contributed by atoms with Crippen molar-refractivity contribution in [3.63, 3.8) is 0 Å². The second-order valence-electron chi connectivity index (χ2n) is 16.5. The molecule has 5 heterocycles. The molecule has 3 aromatic carbocycles. The summed E-state index contributed by atoms with van der Waals surface area (Å²) in [6.45, 7) is 7.07. The number of hydrogen-bond donors (Lipinski definition) is 2. The first kappa shape index (κ1) is 38.8. The number of aryl methyl sites for hydroxylation is 1. The van der Waals surface area contributed by atoms with Crippen molar-refractivity contribution < 1.29 is 32.7 Å². The molecule has 0 spiro atoms. The molecular weight excluding hydrogens is 758 g/mol. The summed E-state index contributed by atoms with van der Waals surface area (Å²) in [7, 11) is 0. The number of alkyl halides is 3. The minimum absolute atomic E-state index is 0.151. The van der Waals surface area contributed by atoms with Gasteiger partial charge in [0, 0.05) is 81.9 Å². The van der Waals surface area contributed by atoms with Gasteiger partial charge in [0.2, 0.25) is 11.8 Å². The fourth-order valence-corrected chi connectivity index (χ4v) is 9.66. The van der Waals surface area contributed by atoms with Gasteiger partial charge in [0.1, 0.15) is 17.5 Å². The molecule has 9 rings (SSSR count). The molecule has 4 aromatic rings. The van der Waals surface area contributed by atoms with Gasteiger partial charge < -0.3 is 19.8 Å². The van der Waals surface area contributed by atoms with Crippen molar-refractivity contribution in [1.82, 2.24) is 20.1 Å². The molecule has 0 saturated carbocycles. The number of benzene rings is 3. The smallest absolute Gasteiger partial charge is 0.433 e. The number of anilines is 2. The van der Waals surface area contributed by atoms with Crippen molar-refractivity contribution in [3.8, 4) is 5.75 Å². The van der Waals surface area contributed by atoms with Gasteiger partial charge in [0.05, 0.1) is 0 Å². The van der Waals surface area contributed by atoms with Gasteiger partial charge in [0.15, 0.2) is 0 Å². The summed E-state index contributed by atoms with van der Waals surface area (Å²) >= 11 is 0. The zero-order valence-corrected chi connectivity index (χ0v) is 32.8. The molecule has 10 nitrogen and oxygen atoms in total. The average molecular weight is 805 g/mol.